The first-order chi connectivity index (χ1) is 16.0. The summed E-state index contributed by atoms with van der Waals surface area (Å²) in [6.45, 7) is 0. The minimum atomic E-state index is -1.24. The molecule has 2 heterocycles. The minimum absolute atomic E-state index is 0.253. The molecule has 1 aliphatic rings. The van der Waals surface area contributed by atoms with E-state index in [1.165, 1.54) is 11.0 Å². The van der Waals surface area contributed by atoms with Crippen molar-refractivity contribution in [3.8, 4) is 0 Å². The zero-order chi connectivity index (χ0) is 22.9. The molecular formula is C25H19FN4O2S. The number of benzodiazepines with no additional fused rings is 1. The number of aliphatic imine (C=N–C) groups is 1. The fraction of sp³-hybridized carbons (Fsp3) is 0.0800. The normalized spacial score (nSPS) is 15.6. The van der Waals surface area contributed by atoms with Gasteiger partial charge in [-0.3, -0.25) is 4.79 Å². The molecule has 164 valence electrons. The quantitative estimate of drug-likeness (QED) is 0.453. The molecule has 0 spiro atoms. The van der Waals surface area contributed by atoms with Crippen molar-refractivity contribution in [3.05, 3.63) is 95.1 Å². The number of nitrogens with zero attached hydrogens (tertiary/aromatic N) is 2. The number of likely N-dealkylation sites (N-methyl/N-ethyl adjacent to an activating group) is 1. The number of urea groups is 1. The van der Waals surface area contributed by atoms with Gasteiger partial charge in [-0.2, -0.15) is 0 Å². The lowest BCUT2D eigenvalue weighted by atomic mass is 10.00. The molecule has 2 N–H and O–H groups in total. The number of anilines is 2. The van der Waals surface area contributed by atoms with Gasteiger partial charge in [0.2, 0.25) is 6.17 Å². The molecule has 0 aliphatic carbocycles. The van der Waals surface area contributed by atoms with E-state index in [0.717, 1.165) is 10.1 Å². The van der Waals surface area contributed by atoms with Crippen molar-refractivity contribution >= 4 is 50.4 Å². The summed E-state index contributed by atoms with van der Waals surface area (Å²) in [4.78, 5) is 32.0. The second kappa shape index (κ2) is 8.48. The fourth-order valence-corrected chi connectivity index (χ4v) is 4.68. The van der Waals surface area contributed by atoms with Gasteiger partial charge in [0, 0.05) is 28.3 Å². The molecule has 1 aromatic heterocycles. The standard InChI is InChI=1S/C25H19FN4O2S/c1-30-20-11-5-3-8-17(20)22(15-7-2-4-9-18(15)26)28-23(24(30)31)29-25(32)27-19-10-6-12-21-16(19)13-14-33-21/h2-14,23H,1H3,(H2,27,29,32). The molecule has 4 aromatic rings. The lowest BCUT2D eigenvalue weighted by molar-refractivity contribution is -0.119. The van der Waals surface area contributed by atoms with Crippen LogP contribution in [-0.2, 0) is 4.79 Å². The zero-order valence-electron chi connectivity index (χ0n) is 17.6. The van der Waals surface area contributed by atoms with Crippen molar-refractivity contribution in [1.29, 1.82) is 0 Å². The molecule has 5 rings (SSSR count). The molecule has 3 amide bonds. The van der Waals surface area contributed by atoms with Crippen LogP contribution < -0.4 is 15.5 Å². The van der Waals surface area contributed by atoms with Crippen LogP contribution in [0.25, 0.3) is 10.1 Å². The maximum atomic E-state index is 14.7. The Balaban J connectivity index is 1.52. The van der Waals surface area contributed by atoms with Crippen LogP contribution in [0.15, 0.2) is 83.2 Å². The molecule has 0 saturated carbocycles. The summed E-state index contributed by atoms with van der Waals surface area (Å²) in [5, 5.41) is 8.31. The number of carbonyl (C=O) groups excluding carboxylic acids is 2. The van der Waals surface area contributed by atoms with Gasteiger partial charge in [-0.05, 0) is 41.8 Å². The molecule has 1 unspecified atom stereocenters. The third-order valence-electron chi connectivity index (χ3n) is 5.48. The monoisotopic (exact) mass is 458 g/mol. The van der Waals surface area contributed by atoms with Gasteiger partial charge in [0.05, 0.1) is 17.1 Å². The average molecular weight is 459 g/mol. The Morgan fingerprint density at radius 3 is 2.58 bits per heavy atom. The fourth-order valence-electron chi connectivity index (χ4n) is 3.87. The molecule has 0 saturated heterocycles. The summed E-state index contributed by atoms with van der Waals surface area (Å²) < 4.78 is 15.7. The predicted molar refractivity (Wildman–Crippen MR) is 130 cm³/mol. The molecule has 0 bridgehead atoms. The highest BCUT2D eigenvalue weighted by Gasteiger charge is 2.31. The van der Waals surface area contributed by atoms with Crippen LogP contribution in [0.2, 0.25) is 0 Å². The maximum Gasteiger partial charge on any atom is 0.321 e. The van der Waals surface area contributed by atoms with E-state index in [9.17, 15) is 14.0 Å². The maximum absolute atomic E-state index is 14.7. The van der Waals surface area contributed by atoms with Crippen LogP contribution in [0.5, 0.6) is 0 Å². The van der Waals surface area contributed by atoms with Crippen molar-refractivity contribution in [1.82, 2.24) is 5.32 Å². The van der Waals surface area contributed by atoms with Gasteiger partial charge in [0.15, 0.2) is 0 Å². The van der Waals surface area contributed by atoms with E-state index in [1.807, 2.05) is 23.6 Å². The van der Waals surface area contributed by atoms with Gasteiger partial charge in [-0.25, -0.2) is 14.2 Å². The molecule has 3 aromatic carbocycles. The van der Waals surface area contributed by atoms with Crippen molar-refractivity contribution in [2.75, 3.05) is 17.3 Å². The zero-order valence-corrected chi connectivity index (χ0v) is 18.4. The van der Waals surface area contributed by atoms with Crippen molar-refractivity contribution in [2.45, 2.75) is 6.17 Å². The Morgan fingerprint density at radius 1 is 1.00 bits per heavy atom. The van der Waals surface area contributed by atoms with Crippen LogP contribution >= 0.6 is 11.3 Å². The number of carbonyl (C=O) groups is 2. The highest BCUT2D eigenvalue weighted by Crippen LogP contribution is 2.29. The number of benzene rings is 3. The summed E-state index contributed by atoms with van der Waals surface area (Å²) in [6.07, 6.45) is -1.24. The molecule has 1 aliphatic heterocycles. The number of thiophene rings is 1. The summed E-state index contributed by atoms with van der Waals surface area (Å²) in [6, 6.07) is 20.3. The molecular weight excluding hydrogens is 439 g/mol. The number of halogens is 1. The van der Waals surface area contributed by atoms with E-state index in [0.29, 0.717) is 22.6 Å². The Hall–Kier alpha value is -4.04. The first-order valence-corrected chi connectivity index (χ1v) is 11.1. The van der Waals surface area contributed by atoms with Gasteiger partial charge in [-0.1, -0.05) is 36.4 Å². The molecule has 1 atom stereocenters. The largest absolute Gasteiger partial charge is 0.321 e. The van der Waals surface area contributed by atoms with Crippen molar-refractivity contribution in [2.24, 2.45) is 4.99 Å². The highest BCUT2D eigenvalue weighted by atomic mass is 32.1. The van der Waals surface area contributed by atoms with Crippen molar-refractivity contribution < 1.29 is 14.0 Å². The minimum Gasteiger partial charge on any atom is -0.311 e. The number of para-hydroxylation sites is 1. The number of nitrogens with one attached hydrogen (secondary N) is 2. The van der Waals surface area contributed by atoms with Crippen LogP contribution in [0.4, 0.5) is 20.6 Å². The smallest absolute Gasteiger partial charge is 0.311 e. The second-order valence-electron chi connectivity index (χ2n) is 7.51. The van der Waals surface area contributed by atoms with Gasteiger partial charge in [-0.15, -0.1) is 11.3 Å². The number of rotatable bonds is 3. The number of hydrogen-bond acceptors (Lipinski definition) is 4. The highest BCUT2D eigenvalue weighted by molar-refractivity contribution is 7.17. The Kier molecular flexibility index (Phi) is 5.35. The van der Waals surface area contributed by atoms with Gasteiger partial charge >= 0.3 is 6.03 Å². The first-order valence-electron chi connectivity index (χ1n) is 10.3. The molecule has 0 radical (unpaired) electrons. The predicted octanol–water partition coefficient (Wildman–Crippen LogP) is 5.00. The van der Waals surface area contributed by atoms with Gasteiger partial charge in [0.1, 0.15) is 5.82 Å². The third kappa shape index (κ3) is 3.85. The summed E-state index contributed by atoms with van der Waals surface area (Å²) in [5.74, 6) is -0.895. The van der Waals surface area contributed by atoms with E-state index in [-0.39, 0.29) is 5.56 Å². The van der Waals surface area contributed by atoms with E-state index in [2.05, 4.69) is 15.6 Å². The SMILES string of the molecule is CN1C(=O)C(NC(=O)Nc2cccc3sccc23)N=C(c2ccccc2F)c2ccccc21. The average Bonchev–Trinajstić information content (AvgIpc) is 3.28. The van der Waals surface area contributed by atoms with Crippen LogP contribution in [-0.4, -0.2) is 30.9 Å². The lowest BCUT2D eigenvalue weighted by Gasteiger charge is -2.21. The number of hydrogen-bond donors (Lipinski definition) is 2. The molecule has 0 fully saturated rings. The summed E-state index contributed by atoms with van der Waals surface area (Å²) >= 11 is 1.57. The van der Waals surface area contributed by atoms with E-state index in [4.69, 9.17) is 0 Å². The number of fused-ring (bicyclic) bond motifs is 2. The summed E-state index contributed by atoms with van der Waals surface area (Å²) in [7, 11) is 1.61. The molecule has 33 heavy (non-hydrogen) atoms. The molecule has 6 nitrogen and oxygen atoms in total. The van der Waals surface area contributed by atoms with E-state index < -0.39 is 23.9 Å². The van der Waals surface area contributed by atoms with E-state index >= 15 is 0 Å². The van der Waals surface area contributed by atoms with Crippen molar-refractivity contribution in [3.63, 3.8) is 0 Å². The topological polar surface area (TPSA) is 73.8 Å². The third-order valence-corrected chi connectivity index (χ3v) is 6.37. The summed E-state index contributed by atoms with van der Waals surface area (Å²) in [5.41, 5.74) is 2.36. The van der Waals surface area contributed by atoms with Crippen LogP contribution in [0.1, 0.15) is 11.1 Å². The second-order valence-corrected chi connectivity index (χ2v) is 8.46. The Labute approximate surface area is 193 Å². The van der Waals surface area contributed by atoms with Crippen LogP contribution in [0.3, 0.4) is 0 Å². The Morgan fingerprint density at radius 2 is 1.76 bits per heavy atom. The Bertz CT molecular complexity index is 1410. The lowest BCUT2D eigenvalue weighted by Crippen LogP contribution is -2.47. The number of amides is 3. The van der Waals surface area contributed by atoms with Crippen LogP contribution in [0, 0.1) is 5.82 Å². The first kappa shape index (κ1) is 20.8. The van der Waals surface area contributed by atoms with Gasteiger partial charge in [0.25, 0.3) is 5.91 Å². The van der Waals surface area contributed by atoms with Gasteiger partial charge < -0.3 is 15.5 Å². The molecule has 8 heteroatoms. The van der Waals surface area contributed by atoms with E-state index in [1.54, 1.807) is 66.9 Å².